The van der Waals surface area contributed by atoms with Gasteiger partial charge in [0.2, 0.25) is 0 Å². The zero-order chi connectivity index (χ0) is 13.9. The molecular formula is C10H9Cl2F4NO. The molecule has 0 aliphatic rings. The smallest absolute Gasteiger partial charge is 0.319 e. The number of nitrogens with one attached hydrogen (secondary N) is 1. The molecule has 0 radical (unpaired) electrons. The number of hydrogen-bond donors (Lipinski definition) is 2. The van der Waals surface area contributed by atoms with E-state index >= 15 is 0 Å². The number of phenolic OH excluding ortho intramolecular Hbond substituents is 1. The molecule has 0 aromatic heterocycles. The van der Waals surface area contributed by atoms with Gasteiger partial charge in [-0.1, -0.05) is 23.2 Å². The van der Waals surface area contributed by atoms with Gasteiger partial charge in [0.25, 0.3) is 0 Å². The fraction of sp³-hybridized carbons (Fsp3) is 0.400. The molecule has 0 bridgehead atoms. The standard InChI is InChI=1S/C10H9Cl2F4NO/c11-6-1-5(8(18)7(12)2-6)3-17-4-10(15,16)9(13)14/h1-2,9,17-18H,3-4H2. The minimum absolute atomic E-state index is 0.0417. The molecule has 0 amide bonds. The number of rotatable bonds is 5. The van der Waals surface area contributed by atoms with Crippen LogP contribution in [0.1, 0.15) is 5.56 Å². The molecule has 0 aliphatic carbocycles. The lowest BCUT2D eigenvalue weighted by atomic mass is 10.2. The van der Waals surface area contributed by atoms with Crippen molar-refractivity contribution in [3.63, 3.8) is 0 Å². The van der Waals surface area contributed by atoms with Crippen molar-refractivity contribution < 1.29 is 22.7 Å². The Labute approximate surface area is 111 Å². The van der Waals surface area contributed by atoms with Crippen molar-refractivity contribution in [3.05, 3.63) is 27.7 Å². The summed E-state index contributed by atoms with van der Waals surface area (Å²) in [5, 5.41) is 11.8. The fourth-order valence-electron chi connectivity index (χ4n) is 1.20. The number of hydrogen-bond acceptors (Lipinski definition) is 2. The third-order valence-corrected chi connectivity index (χ3v) is 2.61. The zero-order valence-corrected chi connectivity index (χ0v) is 10.4. The highest BCUT2D eigenvalue weighted by molar-refractivity contribution is 6.35. The van der Waals surface area contributed by atoms with Crippen molar-refractivity contribution in [3.8, 4) is 5.75 Å². The second-order valence-corrected chi connectivity index (χ2v) is 4.40. The molecule has 0 fully saturated rings. The predicted molar refractivity (Wildman–Crippen MR) is 60.8 cm³/mol. The average Bonchev–Trinajstić information content (AvgIpc) is 2.24. The maximum Gasteiger partial charge on any atom is 0.319 e. The van der Waals surface area contributed by atoms with Crippen LogP contribution in [0.15, 0.2) is 12.1 Å². The van der Waals surface area contributed by atoms with Crippen molar-refractivity contribution in [2.24, 2.45) is 0 Å². The Morgan fingerprint density at radius 1 is 1.28 bits per heavy atom. The SMILES string of the molecule is Oc1c(Cl)cc(Cl)cc1CNCC(F)(F)C(F)F. The van der Waals surface area contributed by atoms with Gasteiger partial charge in [0, 0.05) is 17.1 Å². The summed E-state index contributed by atoms with van der Waals surface area (Å²) in [6.07, 6.45) is -3.75. The first kappa shape index (κ1) is 15.3. The van der Waals surface area contributed by atoms with Crippen LogP contribution < -0.4 is 5.32 Å². The van der Waals surface area contributed by atoms with E-state index in [1.165, 1.54) is 12.1 Å². The molecule has 8 heteroatoms. The molecule has 2 nitrogen and oxygen atoms in total. The average molecular weight is 306 g/mol. The van der Waals surface area contributed by atoms with Crippen molar-refractivity contribution in [1.82, 2.24) is 5.32 Å². The number of alkyl halides is 4. The van der Waals surface area contributed by atoms with Crippen LogP contribution >= 0.6 is 23.2 Å². The third kappa shape index (κ3) is 3.90. The first-order valence-corrected chi connectivity index (χ1v) is 5.53. The van der Waals surface area contributed by atoms with Gasteiger partial charge in [-0.3, -0.25) is 0 Å². The maximum atomic E-state index is 12.6. The van der Waals surface area contributed by atoms with E-state index in [0.717, 1.165) is 0 Å². The predicted octanol–water partition coefficient (Wildman–Crippen LogP) is 3.69. The molecule has 18 heavy (non-hydrogen) atoms. The van der Waals surface area contributed by atoms with Crippen molar-refractivity contribution >= 4 is 23.2 Å². The van der Waals surface area contributed by atoms with Crippen molar-refractivity contribution in [1.29, 1.82) is 0 Å². The van der Waals surface area contributed by atoms with Crippen LogP contribution in [0.25, 0.3) is 0 Å². The molecule has 0 unspecified atom stereocenters. The summed E-state index contributed by atoms with van der Waals surface area (Å²) in [6, 6.07) is 2.58. The first-order chi connectivity index (χ1) is 8.24. The topological polar surface area (TPSA) is 32.3 Å². The largest absolute Gasteiger partial charge is 0.506 e. The van der Waals surface area contributed by atoms with Gasteiger partial charge in [0.15, 0.2) is 0 Å². The minimum Gasteiger partial charge on any atom is -0.506 e. The van der Waals surface area contributed by atoms with Crippen LogP contribution in [0, 0.1) is 0 Å². The summed E-state index contributed by atoms with van der Waals surface area (Å²) in [7, 11) is 0. The van der Waals surface area contributed by atoms with Crippen LogP contribution in [-0.4, -0.2) is 24.0 Å². The lowest BCUT2D eigenvalue weighted by molar-refractivity contribution is -0.125. The van der Waals surface area contributed by atoms with Gasteiger partial charge < -0.3 is 10.4 Å². The molecule has 1 rings (SSSR count). The van der Waals surface area contributed by atoms with Crippen LogP contribution in [-0.2, 0) is 6.54 Å². The van der Waals surface area contributed by atoms with Gasteiger partial charge in [-0.15, -0.1) is 0 Å². The first-order valence-electron chi connectivity index (χ1n) is 4.77. The summed E-state index contributed by atoms with van der Waals surface area (Å²) in [6.45, 7) is -1.47. The van der Waals surface area contributed by atoms with Gasteiger partial charge in [-0.05, 0) is 12.1 Å². The Bertz CT molecular complexity index is 429. The van der Waals surface area contributed by atoms with Crippen molar-refractivity contribution in [2.75, 3.05) is 6.54 Å². The van der Waals surface area contributed by atoms with Crippen LogP contribution in [0.3, 0.4) is 0 Å². The Balaban J connectivity index is 2.65. The number of benzene rings is 1. The molecule has 0 saturated heterocycles. The van der Waals surface area contributed by atoms with E-state index in [4.69, 9.17) is 23.2 Å². The third-order valence-electron chi connectivity index (χ3n) is 2.10. The van der Waals surface area contributed by atoms with E-state index in [2.05, 4.69) is 5.32 Å². The molecule has 0 atom stereocenters. The molecule has 1 aromatic rings. The molecule has 2 N–H and O–H groups in total. The molecule has 1 aromatic carbocycles. The molecule has 0 saturated carbocycles. The Morgan fingerprint density at radius 3 is 2.44 bits per heavy atom. The molecule has 102 valence electrons. The normalized spacial score (nSPS) is 12.2. The summed E-state index contributed by atoms with van der Waals surface area (Å²) in [4.78, 5) is 0. The molecule has 0 aliphatic heterocycles. The van der Waals surface area contributed by atoms with Crippen molar-refractivity contribution in [2.45, 2.75) is 18.9 Å². The van der Waals surface area contributed by atoms with Gasteiger partial charge in [0.1, 0.15) is 5.75 Å². The lowest BCUT2D eigenvalue weighted by Crippen LogP contribution is -2.38. The van der Waals surface area contributed by atoms with E-state index in [9.17, 15) is 22.7 Å². The highest BCUT2D eigenvalue weighted by Gasteiger charge is 2.40. The Morgan fingerprint density at radius 2 is 1.89 bits per heavy atom. The second kappa shape index (κ2) is 5.95. The van der Waals surface area contributed by atoms with E-state index in [1.54, 1.807) is 0 Å². The summed E-state index contributed by atoms with van der Waals surface area (Å²) < 4.78 is 48.9. The minimum atomic E-state index is -4.13. The molecular weight excluding hydrogens is 297 g/mol. The van der Waals surface area contributed by atoms with Crippen LogP contribution in [0.2, 0.25) is 10.0 Å². The monoisotopic (exact) mass is 305 g/mol. The van der Waals surface area contributed by atoms with Gasteiger partial charge in [0.05, 0.1) is 11.6 Å². The summed E-state index contributed by atoms with van der Waals surface area (Å²) in [5.41, 5.74) is 0.151. The van der Waals surface area contributed by atoms with E-state index in [-0.39, 0.29) is 27.9 Å². The van der Waals surface area contributed by atoms with Gasteiger partial charge in [-0.25, -0.2) is 8.78 Å². The number of halogens is 6. The maximum absolute atomic E-state index is 12.6. The number of phenols is 1. The fourth-order valence-corrected chi connectivity index (χ4v) is 1.73. The highest BCUT2D eigenvalue weighted by Crippen LogP contribution is 2.31. The van der Waals surface area contributed by atoms with Crippen LogP contribution in [0.5, 0.6) is 5.75 Å². The van der Waals surface area contributed by atoms with Crippen LogP contribution in [0.4, 0.5) is 17.6 Å². The highest BCUT2D eigenvalue weighted by atomic mass is 35.5. The van der Waals surface area contributed by atoms with E-state index < -0.39 is 18.9 Å². The van der Waals surface area contributed by atoms with Gasteiger partial charge in [-0.2, -0.15) is 8.78 Å². The quantitative estimate of drug-likeness (QED) is 0.813. The van der Waals surface area contributed by atoms with Gasteiger partial charge >= 0.3 is 12.3 Å². The Hall–Kier alpha value is -0.720. The van der Waals surface area contributed by atoms with E-state index in [0.29, 0.717) is 0 Å². The second-order valence-electron chi connectivity index (χ2n) is 3.56. The summed E-state index contributed by atoms with van der Waals surface area (Å²) in [5.74, 6) is -4.45. The lowest BCUT2D eigenvalue weighted by Gasteiger charge is -2.16. The zero-order valence-electron chi connectivity index (χ0n) is 8.86. The molecule has 0 heterocycles. The summed E-state index contributed by atoms with van der Waals surface area (Å²) >= 11 is 11.3. The number of aromatic hydroxyl groups is 1. The Kier molecular flexibility index (Phi) is 5.07. The van der Waals surface area contributed by atoms with E-state index in [1.807, 2.05) is 0 Å². The molecule has 0 spiro atoms.